The van der Waals surface area contributed by atoms with Crippen LogP contribution < -0.4 is 5.32 Å². The minimum atomic E-state index is -0.438. The summed E-state index contributed by atoms with van der Waals surface area (Å²) in [5.41, 5.74) is 1.10. The number of thioether (sulfide) groups is 1. The normalized spacial score (nSPS) is 22.2. The second kappa shape index (κ2) is 6.19. The van der Waals surface area contributed by atoms with Gasteiger partial charge in [-0.2, -0.15) is 4.99 Å². The zero-order chi connectivity index (χ0) is 14.8. The molecule has 0 aliphatic carbocycles. The first-order valence-electron chi connectivity index (χ1n) is 6.73. The first-order valence-corrected chi connectivity index (χ1v) is 7.92. The summed E-state index contributed by atoms with van der Waals surface area (Å²) in [6.07, 6.45) is 0.811. The molecule has 1 amide bonds. The van der Waals surface area contributed by atoms with Gasteiger partial charge in [0.25, 0.3) is 5.91 Å². The molecule has 3 nitrogen and oxygen atoms in total. The van der Waals surface area contributed by atoms with Crippen molar-refractivity contribution in [3.8, 4) is 0 Å². The number of benzene rings is 1. The van der Waals surface area contributed by atoms with E-state index < -0.39 is 4.75 Å². The molecule has 0 spiro atoms. The van der Waals surface area contributed by atoms with Crippen LogP contribution in [0.4, 0.5) is 0 Å². The standard InChI is InChI=1S/C15H19ClN2OS/c1-10(2)15(3)13(19)18-14(20-15)17-9-8-11-6-4-5-7-12(11)16/h4-7,10H,8-9H2,1-3H3,(H,17,18,19). The Kier molecular flexibility index (Phi) is 4.76. The Morgan fingerprint density at radius 1 is 1.40 bits per heavy atom. The third-order valence-corrected chi connectivity index (χ3v) is 5.53. The van der Waals surface area contributed by atoms with Gasteiger partial charge in [-0.1, -0.05) is 55.4 Å². The summed E-state index contributed by atoms with van der Waals surface area (Å²) < 4.78 is -0.438. The van der Waals surface area contributed by atoms with Crippen molar-refractivity contribution in [3.05, 3.63) is 34.9 Å². The lowest BCUT2D eigenvalue weighted by Crippen LogP contribution is -2.34. The molecule has 108 valence electrons. The molecule has 0 aromatic heterocycles. The summed E-state index contributed by atoms with van der Waals surface area (Å²) in [7, 11) is 0. The zero-order valence-electron chi connectivity index (χ0n) is 11.9. The van der Waals surface area contributed by atoms with Crippen LogP contribution in [0.3, 0.4) is 0 Å². The smallest absolute Gasteiger partial charge is 0.264 e. The fourth-order valence-corrected chi connectivity index (χ4v) is 3.22. The second-order valence-electron chi connectivity index (χ2n) is 5.35. The van der Waals surface area contributed by atoms with Gasteiger partial charge in [0.15, 0.2) is 5.17 Å². The summed E-state index contributed by atoms with van der Waals surface area (Å²) in [5.74, 6) is 0.212. The number of carbonyl (C=O) groups excluding carboxylic acids is 1. The van der Waals surface area contributed by atoms with E-state index in [1.165, 1.54) is 11.8 Å². The van der Waals surface area contributed by atoms with E-state index in [0.717, 1.165) is 28.7 Å². The van der Waals surface area contributed by atoms with E-state index in [1.54, 1.807) is 0 Å². The quantitative estimate of drug-likeness (QED) is 0.925. The van der Waals surface area contributed by atoms with Gasteiger partial charge in [-0.15, -0.1) is 0 Å². The molecule has 0 saturated heterocycles. The Hall–Kier alpha value is -1.00. The van der Waals surface area contributed by atoms with Crippen molar-refractivity contribution in [1.29, 1.82) is 0 Å². The predicted octanol–water partition coefficient (Wildman–Crippen LogP) is 3.52. The SMILES string of the molecule is CC(C)C1(C)SC(NCCc2ccccc2Cl)=NC1=O. The molecule has 0 fully saturated rings. The van der Waals surface area contributed by atoms with E-state index in [1.807, 2.05) is 45.0 Å². The average Bonchev–Trinajstić information content (AvgIpc) is 2.69. The highest BCUT2D eigenvalue weighted by atomic mass is 35.5. The second-order valence-corrected chi connectivity index (χ2v) is 7.20. The van der Waals surface area contributed by atoms with Gasteiger partial charge in [-0.25, -0.2) is 0 Å². The Morgan fingerprint density at radius 2 is 2.10 bits per heavy atom. The molecule has 20 heavy (non-hydrogen) atoms. The van der Waals surface area contributed by atoms with Crippen molar-refractivity contribution in [3.63, 3.8) is 0 Å². The first-order chi connectivity index (χ1) is 9.43. The van der Waals surface area contributed by atoms with Gasteiger partial charge >= 0.3 is 0 Å². The maximum absolute atomic E-state index is 12.0. The van der Waals surface area contributed by atoms with E-state index in [-0.39, 0.29) is 11.8 Å². The van der Waals surface area contributed by atoms with Crippen LogP contribution >= 0.6 is 23.4 Å². The van der Waals surface area contributed by atoms with Crippen LogP contribution in [0.5, 0.6) is 0 Å². The molecular formula is C15H19ClN2OS. The lowest BCUT2D eigenvalue weighted by Gasteiger charge is -2.24. The van der Waals surface area contributed by atoms with E-state index in [2.05, 4.69) is 10.3 Å². The Bertz CT molecular complexity index is 544. The number of halogens is 1. The summed E-state index contributed by atoms with van der Waals surface area (Å²) in [4.78, 5) is 16.1. The molecule has 0 radical (unpaired) electrons. The molecule has 0 bridgehead atoms. The van der Waals surface area contributed by atoms with Crippen molar-refractivity contribution in [1.82, 2.24) is 5.32 Å². The fourth-order valence-electron chi connectivity index (χ4n) is 1.92. The maximum atomic E-state index is 12.0. The predicted molar refractivity (Wildman–Crippen MR) is 86.4 cm³/mol. The summed E-state index contributed by atoms with van der Waals surface area (Å²) in [5, 5.41) is 4.73. The molecule has 1 aliphatic rings. The number of carbonyl (C=O) groups is 1. The topological polar surface area (TPSA) is 41.5 Å². The monoisotopic (exact) mass is 310 g/mol. The fraction of sp³-hybridized carbons (Fsp3) is 0.467. The van der Waals surface area contributed by atoms with Crippen LogP contribution in [0.15, 0.2) is 29.3 Å². The van der Waals surface area contributed by atoms with Crippen LogP contribution in [-0.4, -0.2) is 22.4 Å². The highest BCUT2D eigenvalue weighted by molar-refractivity contribution is 8.16. The van der Waals surface area contributed by atoms with Crippen LogP contribution in [0.2, 0.25) is 5.02 Å². The molecule has 1 unspecified atom stereocenters. The Labute approximate surface area is 129 Å². The Balaban J connectivity index is 1.89. The van der Waals surface area contributed by atoms with E-state index >= 15 is 0 Å². The maximum Gasteiger partial charge on any atom is 0.264 e. The molecule has 1 aromatic rings. The van der Waals surface area contributed by atoms with Gasteiger partial charge in [0.2, 0.25) is 0 Å². The van der Waals surface area contributed by atoms with Crippen molar-refractivity contribution in [2.24, 2.45) is 10.9 Å². The lowest BCUT2D eigenvalue weighted by molar-refractivity contribution is -0.120. The first kappa shape index (κ1) is 15.4. The van der Waals surface area contributed by atoms with Gasteiger partial charge in [-0.05, 0) is 30.9 Å². The number of amidine groups is 1. The summed E-state index contributed by atoms with van der Waals surface area (Å²) in [6, 6.07) is 7.79. The number of nitrogens with one attached hydrogen (secondary N) is 1. The average molecular weight is 311 g/mol. The van der Waals surface area contributed by atoms with E-state index in [4.69, 9.17) is 11.6 Å². The minimum absolute atomic E-state index is 0.0438. The largest absolute Gasteiger partial charge is 0.364 e. The van der Waals surface area contributed by atoms with Crippen molar-refractivity contribution >= 4 is 34.4 Å². The molecule has 1 N–H and O–H groups in total. The number of hydrogen-bond acceptors (Lipinski definition) is 3. The number of aliphatic imine (C=N–C) groups is 1. The minimum Gasteiger partial charge on any atom is -0.364 e. The van der Waals surface area contributed by atoms with Gasteiger partial charge in [0, 0.05) is 11.6 Å². The third-order valence-electron chi connectivity index (χ3n) is 3.67. The number of hydrogen-bond donors (Lipinski definition) is 1. The van der Waals surface area contributed by atoms with Crippen molar-refractivity contribution in [2.75, 3.05) is 6.54 Å². The molecule has 1 atom stereocenters. The third kappa shape index (κ3) is 3.18. The van der Waals surface area contributed by atoms with Gasteiger partial charge in [0.1, 0.15) is 4.75 Å². The number of rotatable bonds is 4. The molecule has 1 aliphatic heterocycles. The van der Waals surface area contributed by atoms with Gasteiger partial charge in [0.05, 0.1) is 0 Å². The highest BCUT2D eigenvalue weighted by Gasteiger charge is 2.43. The van der Waals surface area contributed by atoms with Gasteiger partial charge < -0.3 is 5.32 Å². The van der Waals surface area contributed by atoms with Crippen molar-refractivity contribution < 1.29 is 4.79 Å². The van der Waals surface area contributed by atoms with Crippen molar-refractivity contribution in [2.45, 2.75) is 31.9 Å². The molecule has 0 saturated carbocycles. The van der Waals surface area contributed by atoms with Crippen LogP contribution in [0, 0.1) is 5.92 Å². The highest BCUT2D eigenvalue weighted by Crippen LogP contribution is 2.39. The molecular weight excluding hydrogens is 292 g/mol. The molecule has 2 rings (SSSR count). The number of amides is 1. The Morgan fingerprint density at radius 3 is 2.70 bits per heavy atom. The molecule has 5 heteroatoms. The lowest BCUT2D eigenvalue weighted by atomic mass is 9.96. The van der Waals surface area contributed by atoms with E-state index in [0.29, 0.717) is 0 Å². The van der Waals surface area contributed by atoms with Crippen LogP contribution in [-0.2, 0) is 11.2 Å². The molecule has 1 heterocycles. The van der Waals surface area contributed by atoms with Crippen LogP contribution in [0.25, 0.3) is 0 Å². The van der Waals surface area contributed by atoms with E-state index in [9.17, 15) is 4.79 Å². The molecule has 1 aromatic carbocycles. The summed E-state index contributed by atoms with van der Waals surface area (Å²) >= 11 is 7.64. The summed E-state index contributed by atoms with van der Waals surface area (Å²) in [6.45, 7) is 6.77. The zero-order valence-corrected chi connectivity index (χ0v) is 13.5. The van der Waals surface area contributed by atoms with Gasteiger partial charge in [-0.3, -0.25) is 4.79 Å². The number of nitrogens with zero attached hydrogens (tertiary/aromatic N) is 1. The van der Waals surface area contributed by atoms with Crippen LogP contribution in [0.1, 0.15) is 26.3 Å².